The number of fused-ring (bicyclic) bond motifs is 6. The average Bonchev–Trinajstić information content (AvgIpc) is 0.752. The Morgan fingerprint density at radius 2 is 0.927 bits per heavy atom. The SMILES string of the molecule is O=C(OC1[C@H](OC(=O)c2cc(O)c(O)c(O)c2)OC2COC(=O)c3cc(Oc4c(-c5cc(O)c(O)c(O)c5)[o+]c5cc(O)cc6c5c4-c4ccc(O)c(O)c4O6)c(O)c(O)c3-c3c(cc(O)c(O)c3O)C(=O)O[C@H]2[C@@H]1OC(=O)c1cc(O)c(O)c(O)c1)c1cc(O)c(O)c(O)c1. The topological polar surface area (TPSA) is 575 Å². The van der Waals surface area contributed by atoms with Crippen molar-refractivity contribution in [1.82, 2.24) is 0 Å². The summed E-state index contributed by atoms with van der Waals surface area (Å²) >= 11 is 0. The van der Waals surface area contributed by atoms with Gasteiger partial charge >= 0.3 is 41.2 Å². The second-order valence-corrected chi connectivity index (χ2v) is 21.1. The average molecular weight is 1330 g/mol. The summed E-state index contributed by atoms with van der Waals surface area (Å²) in [6, 6.07) is 9.73. The summed E-state index contributed by atoms with van der Waals surface area (Å²) in [7, 11) is 0. The van der Waals surface area contributed by atoms with Gasteiger partial charge in [0, 0.05) is 41.0 Å². The molecule has 3 aliphatic rings. The van der Waals surface area contributed by atoms with Crippen LogP contribution in [-0.4, -0.2) is 169 Å². The van der Waals surface area contributed by atoms with Crippen LogP contribution in [0.15, 0.2) is 89.3 Å². The lowest BCUT2D eigenvalue weighted by atomic mass is 9.91. The predicted molar refractivity (Wildman–Crippen MR) is 308 cm³/mol. The molecule has 5 atom stereocenters. The van der Waals surface area contributed by atoms with Gasteiger partial charge in [0.2, 0.25) is 35.4 Å². The van der Waals surface area contributed by atoms with Crippen molar-refractivity contribution in [3.8, 4) is 172 Å². The van der Waals surface area contributed by atoms with Crippen molar-refractivity contribution in [3.05, 3.63) is 113 Å². The van der Waals surface area contributed by atoms with E-state index in [2.05, 4.69) is 0 Å². The van der Waals surface area contributed by atoms with E-state index in [0.29, 0.717) is 48.5 Å². The fourth-order valence-electron chi connectivity index (χ4n) is 10.6. The lowest BCUT2D eigenvalue weighted by Crippen LogP contribution is -2.63. The van der Waals surface area contributed by atoms with Crippen LogP contribution in [0.25, 0.3) is 44.5 Å². The molecule has 12 rings (SSSR count). The Balaban J connectivity index is 1.05. The first kappa shape index (κ1) is 62.3. The van der Waals surface area contributed by atoms with Gasteiger partial charge in [0.05, 0.1) is 45.0 Å². The van der Waals surface area contributed by atoms with Crippen molar-refractivity contribution >= 4 is 40.8 Å². The van der Waals surface area contributed by atoms with Crippen LogP contribution < -0.4 is 9.47 Å². The predicted octanol–water partition coefficient (Wildman–Crippen LogP) is 6.45. The zero-order valence-electron chi connectivity index (χ0n) is 47.3. The number of carbonyl (C=O) groups excluding carboxylic acids is 5. The zero-order valence-corrected chi connectivity index (χ0v) is 47.3. The third-order valence-corrected chi connectivity index (χ3v) is 15.1. The van der Waals surface area contributed by atoms with E-state index in [1.165, 1.54) is 0 Å². The van der Waals surface area contributed by atoms with Crippen LogP contribution in [0.1, 0.15) is 51.8 Å². The molecule has 9 aromatic rings. The molecule has 1 fully saturated rings. The van der Waals surface area contributed by atoms with E-state index in [1.54, 1.807) is 0 Å². The van der Waals surface area contributed by atoms with Crippen LogP contribution in [0.5, 0.6) is 138 Å². The maximum atomic E-state index is 15.2. The third-order valence-electron chi connectivity index (χ3n) is 15.1. The molecule has 0 spiro atoms. The van der Waals surface area contributed by atoms with Gasteiger partial charge in [-0.15, -0.1) is 0 Å². The Bertz CT molecular complexity index is 4830. The Morgan fingerprint density at radius 1 is 0.448 bits per heavy atom. The zero-order chi connectivity index (χ0) is 69.1. The third kappa shape index (κ3) is 10.3. The molecule has 0 aliphatic carbocycles. The summed E-state index contributed by atoms with van der Waals surface area (Å²) < 4.78 is 53.1. The molecule has 1 saturated heterocycles. The number of hydrogen-bond acceptors (Lipinski definition) is 33. The summed E-state index contributed by atoms with van der Waals surface area (Å²) in [6.45, 7) is -1.44. The molecular weight excluding hydrogens is 1290 g/mol. The van der Waals surface area contributed by atoms with Gasteiger partial charge in [0.1, 0.15) is 29.6 Å². The van der Waals surface area contributed by atoms with E-state index < -0.39 is 250 Å². The number of aromatic hydroxyl groups is 20. The van der Waals surface area contributed by atoms with Crippen LogP contribution in [0.2, 0.25) is 0 Å². The van der Waals surface area contributed by atoms with Gasteiger partial charge in [-0.25, -0.2) is 28.4 Å². The number of ether oxygens (including phenoxy) is 8. The van der Waals surface area contributed by atoms with E-state index in [0.717, 1.165) is 36.4 Å². The smallest absolute Gasteiger partial charge is 0.403 e. The molecule has 8 aromatic carbocycles. The van der Waals surface area contributed by atoms with Crippen molar-refractivity contribution in [2.24, 2.45) is 0 Å². The van der Waals surface area contributed by atoms with Gasteiger partial charge in [-0.1, -0.05) is 0 Å². The van der Waals surface area contributed by atoms with Crippen LogP contribution in [-0.2, 0) is 28.4 Å². The van der Waals surface area contributed by atoms with Crippen molar-refractivity contribution in [1.29, 1.82) is 0 Å². The van der Waals surface area contributed by atoms with Crippen molar-refractivity contribution < 1.29 is 168 Å². The lowest BCUT2D eigenvalue weighted by Gasteiger charge is -2.43. The molecule has 0 radical (unpaired) electrons. The summed E-state index contributed by atoms with van der Waals surface area (Å²) in [6.07, 6.45) is -13.0. The van der Waals surface area contributed by atoms with E-state index in [-0.39, 0.29) is 27.8 Å². The van der Waals surface area contributed by atoms with E-state index in [4.69, 9.17) is 42.3 Å². The minimum absolute atomic E-state index is 0.146. The van der Waals surface area contributed by atoms with Crippen LogP contribution in [0.4, 0.5) is 0 Å². The lowest BCUT2D eigenvalue weighted by molar-refractivity contribution is -0.282. The summed E-state index contributed by atoms with van der Waals surface area (Å²) in [5, 5.41) is 216. The summed E-state index contributed by atoms with van der Waals surface area (Å²) in [5.41, 5.74) is -8.68. The molecule has 20 N–H and O–H groups in total. The molecule has 34 heteroatoms. The van der Waals surface area contributed by atoms with Crippen molar-refractivity contribution in [3.63, 3.8) is 0 Å². The van der Waals surface area contributed by atoms with Gasteiger partial charge < -0.3 is 140 Å². The van der Waals surface area contributed by atoms with E-state index in [1.807, 2.05) is 0 Å². The molecule has 34 nitrogen and oxygen atoms in total. The molecule has 2 unspecified atom stereocenters. The first-order chi connectivity index (χ1) is 45.4. The first-order valence-corrected chi connectivity index (χ1v) is 27.0. The fourth-order valence-corrected chi connectivity index (χ4v) is 10.6. The van der Waals surface area contributed by atoms with E-state index >= 15 is 9.59 Å². The molecule has 492 valence electrons. The number of esters is 5. The van der Waals surface area contributed by atoms with Gasteiger partial charge in [-0.2, -0.15) is 0 Å². The van der Waals surface area contributed by atoms with Crippen molar-refractivity contribution in [2.75, 3.05) is 6.61 Å². The molecule has 1 aromatic heterocycles. The number of hydrogen-bond donors (Lipinski definition) is 20. The minimum atomic E-state index is -2.70. The van der Waals surface area contributed by atoms with Crippen molar-refractivity contribution in [2.45, 2.75) is 30.7 Å². The molecule has 3 aliphatic heterocycles. The van der Waals surface area contributed by atoms with Gasteiger partial charge in [-0.3, -0.25) is 0 Å². The maximum absolute atomic E-state index is 15.2. The maximum Gasteiger partial charge on any atom is 0.403 e. The largest absolute Gasteiger partial charge is 0.507 e. The number of benzene rings is 8. The van der Waals surface area contributed by atoms with Gasteiger partial charge in [0.15, 0.2) is 116 Å². The van der Waals surface area contributed by atoms with Crippen LogP contribution in [0.3, 0.4) is 0 Å². The highest BCUT2D eigenvalue weighted by molar-refractivity contribution is 6.10. The summed E-state index contributed by atoms with van der Waals surface area (Å²) in [5.74, 6) is -35.6. The minimum Gasteiger partial charge on any atom is -0.507 e. The standard InChI is InChI=1S/C62H40O34/c63-20-11-34-41-35(12-20)90-52-21(1-2-24(64)47(52)79)40(41)54(51(89-34)16-3-25(65)42(74)26(66)4-16)91-36-14-23-39(50(82)48(36)80)38-22(13-33(73)46(78)49(38)81)61(87)93-53-37(15-88-60(23)86)92-62(96-59(85)19-9-31(71)45(77)32(72)10-19)56(95-58(84)18-7-29(69)44(76)30(70)8-18)55(53)94-57(83)17-5-27(67)43(75)28(68)6-17/h1-14,37,53,55-56,62H,15H2,(H19-,63,64,65,66,67,68,69,70,71,72,73,74,75,76,77,78,79,80,81,82,83,84,85,86,87)/p+1/t37?,53-,55+,56?,62+/m1/s1. The van der Waals surface area contributed by atoms with Crippen LogP contribution >= 0.6 is 0 Å². The number of rotatable bonds is 9. The quantitative estimate of drug-likeness (QED) is 0.0319. The second kappa shape index (κ2) is 22.8. The highest BCUT2D eigenvalue weighted by Crippen LogP contribution is 2.61. The van der Waals surface area contributed by atoms with Gasteiger partial charge in [0.25, 0.3) is 0 Å². The summed E-state index contributed by atoms with van der Waals surface area (Å²) in [4.78, 5) is 73.1. The van der Waals surface area contributed by atoms with Crippen LogP contribution in [0, 0.1) is 0 Å². The number of phenolic OH excluding ortho intramolecular Hbond substituents is 20. The fraction of sp³-hybridized carbons (Fsp3) is 0.0968. The number of carbonyl (C=O) groups is 5. The highest BCUT2D eigenvalue weighted by Gasteiger charge is 2.56. The normalized spacial score (nSPS) is 17.0. The highest BCUT2D eigenvalue weighted by atomic mass is 16.7. The Morgan fingerprint density at radius 3 is 1.47 bits per heavy atom. The molecule has 0 bridgehead atoms. The first-order valence-electron chi connectivity index (χ1n) is 27.0. The second-order valence-electron chi connectivity index (χ2n) is 21.1. The molecule has 4 heterocycles. The Labute approximate surface area is 529 Å². The molecule has 96 heavy (non-hydrogen) atoms. The monoisotopic (exact) mass is 1330 g/mol. The van der Waals surface area contributed by atoms with Gasteiger partial charge in [-0.05, 0) is 54.6 Å². The molecule has 0 amide bonds. The molecular formula is C62H41O34+. The molecule has 0 saturated carbocycles. The van der Waals surface area contributed by atoms with E-state index in [9.17, 15) is 117 Å². The Kier molecular flexibility index (Phi) is 14.8. The Hall–Kier alpha value is -13.9. The number of phenols is 20. The number of cyclic esters (lactones) is 1.